The second-order valence-corrected chi connectivity index (χ2v) is 18.9. The van der Waals surface area contributed by atoms with Crippen molar-refractivity contribution < 1.29 is 85.3 Å². The average molecular weight is 930 g/mol. The van der Waals surface area contributed by atoms with Crippen LogP contribution in [0.5, 0.6) is 0 Å². The van der Waals surface area contributed by atoms with E-state index >= 15 is 0 Å². The van der Waals surface area contributed by atoms with E-state index in [9.17, 15) is 62.7 Å². The van der Waals surface area contributed by atoms with Crippen molar-refractivity contribution in [1.82, 2.24) is 30.2 Å². The number of rotatable bonds is 21. The monoisotopic (exact) mass is 929 g/mol. The lowest BCUT2D eigenvalue weighted by Gasteiger charge is -2.36. The zero-order chi connectivity index (χ0) is 45.6. The van der Waals surface area contributed by atoms with Gasteiger partial charge in [0.15, 0.2) is 17.7 Å². The predicted molar refractivity (Wildman–Crippen MR) is 203 cm³/mol. The second-order valence-electron chi connectivity index (χ2n) is 13.8. The number of nitrogens with zero attached hydrogens (tertiary/aromatic N) is 4. The van der Waals surface area contributed by atoms with E-state index in [1.807, 2.05) is 13.8 Å². The minimum absolute atomic E-state index is 0.0218. The molecule has 3 rings (SSSR count). The first-order chi connectivity index (χ1) is 27.7. The molecule has 60 heavy (non-hydrogen) atoms. The lowest BCUT2D eigenvalue weighted by Crippen LogP contribution is -2.46. The van der Waals surface area contributed by atoms with E-state index in [4.69, 9.17) is 10.5 Å². The lowest BCUT2D eigenvalue weighted by molar-refractivity contribution is -0.347. The highest BCUT2D eigenvalue weighted by Crippen LogP contribution is 2.56. The number of nitrogens with two attached hydrogens (primary N) is 1. The number of allylic oxidation sites excluding steroid dienone is 3. The maximum absolute atomic E-state index is 12.5. The third kappa shape index (κ3) is 18.0. The molecule has 1 saturated heterocycles. The summed E-state index contributed by atoms with van der Waals surface area (Å²) in [6.07, 6.45) is -3.81. The summed E-state index contributed by atoms with van der Waals surface area (Å²) < 4.78 is 60.4. The first-order valence-electron chi connectivity index (χ1n) is 17.4. The fourth-order valence-electron chi connectivity index (χ4n) is 4.67. The normalized spacial score (nSPS) is 20.4. The number of aliphatic hydroxyl groups is 2. The molecule has 0 aromatic carbocycles. The minimum Gasteiger partial charge on any atom is -0.790 e. The van der Waals surface area contributed by atoms with Gasteiger partial charge in [0.2, 0.25) is 16.9 Å². The third-order valence-electron chi connectivity index (χ3n) is 7.53. The van der Waals surface area contributed by atoms with Crippen LogP contribution in [0.2, 0.25) is 0 Å². The van der Waals surface area contributed by atoms with Crippen molar-refractivity contribution in [3.8, 4) is 0 Å². The van der Waals surface area contributed by atoms with Crippen LogP contribution in [0.3, 0.4) is 0 Å². The number of thioether (sulfide) groups is 1. The zero-order valence-electron chi connectivity index (χ0n) is 33.1. The van der Waals surface area contributed by atoms with Gasteiger partial charge < -0.3 is 69.0 Å². The Bertz CT molecular complexity index is 2020. The molecule has 1 fully saturated rings. The molecule has 0 saturated carbocycles. The summed E-state index contributed by atoms with van der Waals surface area (Å²) in [6, 6.07) is 0. The summed E-state index contributed by atoms with van der Waals surface area (Å²) in [4.78, 5) is 105. The van der Waals surface area contributed by atoms with Gasteiger partial charge in [-0.1, -0.05) is 36.8 Å². The molecule has 7 unspecified atom stereocenters. The maximum atomic E-state index is 12.5. The molecule has 0 aliphatic carbocycles. The van der Waals surface area contributed by atoms with Gasteiger partial charge in [0.25, 0.3) is 15.6 Å². The van der Waals surface area contributed by atoms with Gasteiger partial charge in [-0.25, -0.2) is 19.3 Å². The van der Waals surface area contributed by atoms with Crippen LogP contribution in [0.4, 0.5) is 5.82 Å². The summed E-state index contributed by atoms with van der Waals surface area (Å²) in [7, 11) is -17.6. The van der Waals surface area contributed by atoms with Gasteiger partial charge in [-0.15, -0.1) is 0 Å². The molecule has 2 aromatic rings. The predicted octanol–water partition coefficient (Wildman–Crippen LogP) is -1.75. The number of carbonyl (C=O) groups excluding carboxylic acids is 4. The number of nitrogen functional groups attached to an aromatic ring is 1. The number of imidazole rings is 1. The van der Waals surface area contributed by atoms with Crippen molar-refractivity contribution in [1.29, 1.82) is 0 Å². The van der Waals surface area contributed by atoms with E-state index in [2.05, 4.69) is 43.5 Å². The fourth-order valence-corrected chi connectivity index (χ4v) is 8.13. The number of nitrogens with one attached hydrogen (secondary N) is 2. The Balaban J connectivity index is 0.00000192. The molecular weight excluding hydrogens is 883 g/mol. The first-order valence-corrected chi connectivity index (χ1v) is 22.8. The molecule has 0 radical (unpaired) electrons. The molecule has 1 aliphatic rings. The second kappa shape index (κ2) is 23.2. The number of aldehydes is 1. The van der Waals surface area contributed by atoms with Crippen molar-refractivity contribution in [3.63, 3.8) is 0 Å². The Morgan fingerprint density at radius 2 is 1.68 bits per heavy atom. The Hall–Kier alpha value is -3.29. The standard InChI is InChI=1S/C26H42N7O17P3S.C5H8O/c1-14(2)9-17(35)54-8-7-28-16(34)5-6-29-24(38)21(37)26(3,4)11-47-53(44,45)50-52(42,43)46-10-15-20(49-51(39,40)41)19(36)25(48-15)33-13-32-18-22(27)30-12-31-23(18)33;1-5(2)3-4-6/h9,12-13,15,19-21,25,36-37H,5-8,10-11H2,1-4H3,(H,28,34)(H,29,38)(H,42,43)(H,44,45)(H2,27,30,31)(H2,39,40,41);3-4H,1-2H3/p-4. The first kappa shape index (κ1) is 52.8. The smallest absolute Gasteiger partial charge is 0.274 e. The van der Waals surface area contributed by atoms with E-state index in [0.29, 0.717) is 5.75 Å². The number of aliphatic hydroxyl groups excluding tert-OH is 2. The van der Waals surface area contributed by atoms with Crippen molar-refractivity contribution in [2.75, 3.05) is 37.8 Å². The SMILES string of the molecule is CC(C)=CC(=O)SCCNC(=O)CCNC(=O)C(O)C(C)(C)COP(=O)([O-])OP(=O)([O-])OCC1OC(n2cnc3c(N)ncnc32)C(O)C1OP(=O)([O-])[O-].CC(C)=CC=O. The number of anilines is 1. The molecule has 3 heterocycles. The summed E-state index contributed by atoms with van der Waals surface area (Å²) in [5.41, 5.74) is 5.94. The number of amides is 2. The topological polar surface area (TPSA) is 392 Å². The number of hydrogen-bond donors (Lipinski definition) is 5. The summed E-state index contributed by atoms with van der Waals surface area (Å²) in [5, 5.41) is 26.0. The number of phosphoric acid groups is 3. The number of phosphoric ester groups is 3. The fraction of sp³-hybridized carbons (Fsp3) is 0.581. The molecular formula is C31H46N7O18P3S-4. The van der Waals surface area contributed by atoms with E-state index in [-0.39, 0.29) is 41.6 Å². The molecule has 7 atom stereocenters. The van der Waals surface area contributed by atoms with Gasteiger partial charge in [-0.05, 0) is 39.8 Å². The van der Waals surface area contributed by atoms with Crippen LogP contribution in [-0.4, -0.2) is 109 Å². The van der Waals surface area contributed by atoms with E-state index in [1.165, 1.54) is 26.0 Å². The Morgan fingerprint density at radius 1 is 1.03 bits per heavy atom. The van der Waals surface area contributed by atoms with Crippen LogP contribution >= 0.6 is 35.2 Å². The highest BCUT2D eigenvalue weighted by molar-refractivity contribution is 8.14. The highest BCUT2D eigenvalue weighted by Gasteiger charge is 2.47. The van der Waals surface area contributed by atoms with E-state index < -0.39 is 84.6 Å². The molecule has 1 aliphatic heterocycles. The molecule has 338 valence electrons. The zero-order valence-corrected chi connectivity index (χ0v) is 36.6. The molecule has 6 N–H and O–H groups in total. The Kier molecular flexibility index (Phi) is 20.5. The van der Waals surface area contributed by atoms with Crippen molar-refractivity contribution in [2.24, 2.45) is 5.41 Å². The van der Waals surface area contributed by atoms with Crippen LogP contribution in [-0.2, 0) is 55.5 Å². The number of fused-ring (bicyclic) bond motifs is 1. The molecule has 2 amide bonds. The average Bonchev–Trinajstić information content (AvgIpc) is 3.68. The summed E-state index contributed by atoms with van der Waals surface area (Å²) in [6.45, 7) is 7.38. The van der Waals surface area contributed by atoms with Gasteiger partial charge in [0, 0.05) is 30.7 Å². The highest BCUT2D eigenvalue weighted by atomic mass is 32.2. The molecule has 0 bridgehead atoms. The molecule has 0 spiro atoms. The quantitative estimate of drug-likeness (QED) is 0.0401. The van der Waals surface area contributed by atoms with Crippen LogP contribution < -0.4 is 35.9 Å². The molecule has 2 aromatic heterocycles. The number of ether oxygens (including phenoxy) is 1. The van der Waals surface area contributed by atoms with Crippen molar-refractivity contribution in [3.05, 3.63) is 36.0 Å². The third-order valence-corrected chi connectivity index (χ3v) is 11.4. The maximum Gasteiger partial charge on any atom is 0.274 e. The molecule has 25 nitrogen and oxygen atoms in total. The lowest BCUT2D eigenvalue weighted by atomic mass is 9.87. The van der Waals surface area contributed by atoms with Gasteiger partial charge in [0.1, 0.15) is 42.5 Å². The van der Waals surface area contributed by atoms with E-state index in [1.54, 1.807) is 13.8 Å². The van der Waals surface area contributed by atoms with Gasteiger partial charge in [-0.2, -0.15) is 0 Å². The van der Waals surface area contributed by atoms with Gasteiger partial charge in [-0.3, -0.25) is 32.9 Å². The Morgan fingerprint density at radius 3 is 2.27 bits per heavy atom. The largest absolute Gasteiger partial charge is 0.790 e. The number of aromatic nitrogens is 4. The molecule has 29 heteroatoms. The van der Waals surface area contributed by atoms with Crippen LogP contribution in [0.1, 0.15) is 54.2 Å². The minimum atomic E-state index is -5.91. The van der Waals surface area contributed by atoms with Crippen LogP contribution in [0, 0.1) is 5.41 Å². The van der Waals surface area contributed by atoms with Crippen molar-refractivity contribution >= 4 is 75.4 Å². The number of hydrogen-bond acceptors (Lipinski definition) is 23. The van der Waals surface area contributed by atoms with Crippen LogP contribution in [0.15, 0.2) is 36.0 Å². The van der Waals surface area contributed by atoms with Gasteiger partial charge in [0.05, 0.1) is 27.4 Å². The number of carbonyl (C=O) groups is 4. The summed E-state index contributed by atoms with van der Waals surface area (Å²) in [5.74, 6) is -1.24. The Labute approximate surface area is 347 Å². The van der Waals surface area contributed by atoms with E-state index in [0.717, 1.165) is 46.4 Å². The summed E-state index contributed by atoms with van der Waals surface area (Å²) >= 11 is 1.01. The van der Waals surface area contributed by atoms with Gasteiger partial charge >= 0.3 is 0 Å². The van der Waals surface area contributed by atoms with Crippen molar-refractivity contribution in [2.45, 2.75) is 78.6 Å². The van der Waals surface area contributed by atoms with Crippen LogP contribution in [0.25, 0.3) is 11.2 Å².